The first-order chi connectivity index (χ1) is 12.1. The van der Waals surface area contributed by atoms with Crippen LogP contribution in [0.1, 0.15) is 22.7 Å². The van der Waals surface area contributed by atoms with Crippen LogP contribution in [0.4, 0.5) is 4.79 Å². The first-order valence-corrected chi connectivity index (χ1v) is 8.69. The summed E-state index contributed by atoms with van der Waals surface area (Å²) < 4.78 is 5.73. The molecule has 6 nitrogen and oxygen atoms in total. The van der Waals surface area contributed by atoms with E-state index in [-0.39, 0.29) is 5.91 Å². The number of fused-ring (bicyclic) bond motifs is 1. The molecule has 25 heavy (non-hydrogen) atoms. The molecule has 130 valence electrons. The Bertz CT molecular complexity index is 782. The minimum atomic E-state index is -0.717. The lowest BCUT2D eigenvalue weighted by Crippen LogP contribution is -2.47. The maximum absolute atomic E-state index is 12.9. The van der Waals surface area contributed by atoms with Gasteiger partial charge in [0.05, 0.1) is 7.11 Å². The fraction of sp³-hybridized carbons (Fsp3) is 0.278. The van der Waals surface area contributed by atoms with Crippen LogP contribution in [0.25, 0.3) is 0 Å². The molecule has 1 N–H and O–H groups in total. The number of pyridine rings is 1. The number of rotatable bonds is 3. The van der Waals surface area contributed by atoms with Crippen molar-refractivity contribution in [3.63, 3.8) is 0 Å². The van der Waals surface area contributed by atoms with E-state index in [1.165, 1.54) is 12.0 Å². The van der Waals surface area contributed by atoms with Gasteiger partial charge in [0.25, 0.3) is 0 Å². The highest BCUT2D eigenvalue weighted by atomic mass is 79.9. The zero-order valence-electron chi connectivity index (χ0n) is 13.7. The van der Waals surface area contributed by atoms with E-state index in [2.05, 4.69) is 26.2 Å². The topological polar surface area (TPSA) is 71.5 Å². The number of ether oxygens (including phenoxy) is 1. The Kier molecular flexibility index (Phi) is 5.33. The van der Waals surface area contributed by atoms with Crippen molar-refractivity contribution in [3.05, 3.63) is 63.9 Å². The van der Waals surface area contributed by atoms with Crippen molar-refractivity contribution in [1.29, 1.82) is 0 Å². The molecule has 0 fully saturated rings. The molecule has 1 atom stereocenters. The van der Waals surface area contributed by atoms with Crippen LogP contribution in [0, 0.1) is 0 Å². The first kappa shape index (κ1) is 17.4. The minimum Gasteiger partial charge on any atom is -0.453 e. The molecular weight excluding hydrogens is 386 g/mol. The summed E-state index contributed by atoms with van der Waals surface area (Å²) in [5.41, 5.74) is 2.77. The predicted molar refractivity (Wildman–Crippen MR) is 95.8 cm³/mol. The van der Waals surface area contributed by atoms with Crippen molar-refractivity contribution >= 4 is 27.9 Å². The maximum Gasteiger partial charge on any atom is 0.410 e. The number of hydrogen-bond donors (Lipinski definition) is 1. The van der Waals surface area contributed by atoms with Gasteiger partial charge in [-0.3, -0.25) is 14.7 Å². The number of carbonyl (C=O) groups excluding carboxylic acids is 2. The lowest BCUT2D eigenvalue weighted by Gasteiger charge is -2.35. The Labute approximate surface area is 154 Å². The van der Waals surface area contributed by atoms with E-state index in [4.69, 9.17) is 4.74 Å². The zero-order valence-corrected chi connectivity index (χ0v) is 15.3. The summed E-state index contributed by atoms with van der Waals surface area (Å²) >= 11 is 3.44. The van der Waals surface area contributed by atoms with Crippen LogP contribution >= 0.6 is 15.9 Å². The van der Waals surface area contributed by atoms with Crippen molar-refractivity contribution in [1.82, 2.24) is 15.2 Å². The van der Waals surface area contributed by atoms with Gasteiger partial charge < -0.3 is 10.1 Å². The second-order valence-electron chi connectivity index (χ2n) is 5.74. The van der Waals surface area contributed by atoms with Crippen LogP contribution in [-0.2, 0) is 22.5 Å². The highest BCUT2D eigenvalue weighted by molar-refractivity contribution is 9.10. The van der Waals surface area contributed by atoms with E-state index in [1.807, 2.05) is 30.3 Å². The number of aromatic nitrogens is 1. The Balaban J connectivity index is 1.87. The molecule has 0 radical (unpaired) electrons. The SMILES string of the molecule is COC(=O)N1CCc2ccc(Br)cc2[C@H]1C(=O)NCc1cccnc1. The Hall–Kier alpha value is -2.41. The van der Waals surface area contributed by atoms with Crippen LogP contribution in [-0.4, -0.2) is 35.5 Å². The average Bonchev–Trinajstić information content (AvgIpc) is 2.65. The molecule has 0 saturated carbocycles. The molecule has 1 aliphatic heterocycles. The van der Waals surface area contributed by atoms with Crippen LogP contribution < -0.4 is 5.32 Å². The third kappa shape index (κ3) is 3.82. The van der Waals surface area contributed by atoms with Crippen LogP contribution in [0.5, 0.6) is 0 Å². The maximum atomic E-state index is 12.9. The molecule has 3 rings (SSSR count). The van der Waals surface area contributed by atoms with Crippen molar-refractivity contribution in [3.8, 4) is 0 Å². The van der Waals surface area contributed by atoms with E-state index in [1.54, 1.807) is 12.4 Å². The van der Waals surface area contributed by atoms with Gasteiger partial charge in [-0.05, 0) is 41.3 Å². The van der Waals surface area contributed by atoms with E-state index >= 15 is 0 Å². The summed E-state index contributed by atoms with van der Waals surface area (Å²) in [6.45, 7) is 0.786. The van der Waals surface area contributed by atoms with Crippen molar-refractivity contribution in [2.24, 2.45) is 0 Å². The third-order valence-corrected chi connectivity index (χ3v) is 4.68. The van der Waals surface area contributed by atoms with Gasteiger partial charge in [0, 0.05) is 30.0 Å². The smallest absolute Gasteiger partial charge is 0.410 e. The monoisotopic (exact) mass is 403 g/mol. The first-order valence-electron chi connectivity index (χ1n) is 7.89. The highest BCUT2D eigenvalue weighted by Crippen LogP contribution is 2.32. The second kappa shape index (κ2) is 7.65. The van der Waals surface area contributed by atoms with Gasteiger partial charge in [0.15, 0.2) is 0 Å². The highest BCUT2D eigenvalue weighted by Gasteiger charge is 2.36. The molecule has 1 aromatic carbocycles. The van der Waals surface area contributed by atoms with Gasteiger partial charge in [-0.25, -0.2) is 4.79 Å². The number of methoxy groups -OCH3 is 1. The molecular formula is C18H18BrN3O3. The molecule has 0 bridgehead atoms. The van der Waals surface area contributed by atoms with E-state index in [0.717, 1.165) is 21.2 Å². The molecule has 2 amide bonds. The molecule has 0 aliphatic carbocycles. The van der Waals surface area contributed by atoms with Crippen molar-refractivity contribution in [2.45, 2.75) is 19.0 Å². The van der Waals surface area contributed by atoms with Gasteiger partial charge in [-0.2, -0.15) is 0 Å². The van der Waals surface area contributed by atoms with E-state index in [9.17, 15) is 9.59 Å². The van der Waals surface area contributed by atoms with Gasteiger partial charge in [-0.1, -0.05) is 28.1 Å². The summed E-state index contributed by atoms with van der Waals surface area (Å²) in [5.74, 6) is -0.242. The summed E-state index contributed by atoms with van der Waals surface area (Å²) in [4.78, 5) is 30.5. The van der Waals surface area contributed by atoms with Crippen LogP contribution in [0.15, 0.2) is 47.2 Å². The molecule has 2 heterocycles. The molecule has 7 heteroatoms. The summed E-state index contributed by atoms with van der Waals surface area (Å²) in [6.07, 6.45) is 3.56. The molecule has 1 aromatic heterocycles. The van der Waals surface area contributed by atoms with Crippen LogP contribution in [0.3, 0.4) is 0 Å². The summed E-state index contributed by atoms with van der Waals surface area (Å²) in [6, 6.07) is 8.79. The molecule has 2 aromatic rings. The van der Waals surface area contributed by atoms with Crippen LogP contribution in [0.2, 0.25) is 0 Å². The van der Waals surface area contributed by atoms with Crippen molar-refractivity contribution < 1.29 is 14.3 Å². The predicted octanol–water partition coefficient (Wildman–Crippen LogP) is 2.83. The fourth-order valence-corrected chi connectivity index (χ4v) is 3.35. The quantitative estimate of drug-likeness (QED) is 0.854. The number of halogens is 1. The van der Waals surface area contributed by atoms with Gasteiger partial charge in [-0.15, -0.1) is 0 Å². The second-order valence-corrected chi connectivity index (χ2v) is 6.65. The zero-order chi connectivity index (χ0) is 17.8. The standard InChI is InChI=1S/C18H18BrN3O3/c1-25-18(24)22-8-6-13-4-5-14(19)9-15(13)16(22)17(23)21-11-12-3-2-7-20-10-12/h2-5,7,9-10,16H,6,8,11H2,1H3,(H,21,23)/t16-/m0/s1. The Morgan fingerprint density at radius 1 is 1.40 bits per heavy atom. The molecule has 0 spiro atoms. The number of carbonyl (C=O) groups is 2. The minimum absolute atomic E-state index is 0.242. The summed E-state index contributed by atoms with van der Waals surface area (Å²) in [7, 11) is 1.32. The molecule has 1 aliphatic rings. The molecule has 0 saturated heterocycles. The number of benzene rings is 1. The number of nitrogens with zero attached hydrogens (tertiary/aromatic N) is 2. The number of amides is 2. The van der Waals surface area contributed by atoms with Crippen molar-refractivity contribution in [2.75, 3.05) is 13.7 Å². The lowest BCUT2D eigenvalue weighted by atomic mass is 9.92. The number of hydrogen-bond acceptors (Lipinski definition) is 4. The molecule has 0 unspecified atom stereocenters. The summed E-state index contributed by atoms with van der Waals surface area (Å²) in [5, 5.41) is 2.89. The van der Waals surface area contributed by atoms with E-state index in [0.29, 0.717) is 19.5 Å². The normalized spacial score (nSPS) is 16.1. The van der Waals surface area contributed by atoms with Gasteiger partial charge >= 0.3 is 6.09 Å². The Morgan fingerprint density at radius 3 is 2.96 bits per heavy atom. The largest absolute Gasteiger partial charge is 0.453 e. The van der Waals surface area contributed by atoms with Gasteiger partial charge in [0.2, 0.25) is 5.91 Å². The van der Waals surface area contributed by atoms with Gasteiger partial charge in [0.1, 0.15) is 6.04 Å². The fourth-order valence-electron chi connectivity index (χ4n) is 2.97. The number of nitrogens with one attached hydrogen (secondary N) is 1. The third-order valence-electron chi connectivity index (χ3n) is 4.18. The van der Waals surface area contributed by atoms with E-state index < -0.39 is 12.1 Å². The average molecular weight is 404 g/mol. The lowest BCUT2D eigenvalue weighted by molar-refractivity contribution is -0.126. The Morgan fingerprint density at radius 2 is 2.24 bits per heavy atom.